The number of para-hydroxylation sites is 1. The molecular formula is C15H19N3O2. The van der Waals surface area contributed by atoms with Crippen LogP contribution in [0.4, 0.5) is 0 Å². The third kappa shape index (κ3) is 2.88. The fraction of sp³-hybridized carbons (Fsp3) is 0.333. The van der Waals surface area contributed by atoms with Crippen LogP contribution in [0.2, 0.25) is 0 Å². The van der Waals surface area contributed by atoms with Gasteiger partial charge in [0.15, 0.2) is 0 Å². The molecule has 0 saturated heterocycles. The summed E-state index contributed by atoms with van der Waals surface area (Å²) in [6, 6.07) is 9.47. The first-order chi connectivity index (χ1) is 9.67. The molecule has 1 aromatic carbocycles. The minimum Gasteiger partial charge on any atom is -0.496 e. The van der Waals surface area contributed by atoms with E-state index in [-0.39, 0.29) is 5.56 Å². The van der Waals surface area contributed by atoms with E-state index >= 15 is 0 Å². The molecule has 0 aliphatic carbocycles. The number of hydrogen-bond donors (Lipinski definition) is 1. The number of hydrogen-bond acceptors (Lipinski definition) is 4. The lowest BCUT2D eigenvalue weighted by Gasteiger charge is -2.10. The van der Waals surface area contributed by atoms with Crippen LogP contribution in [0.1, 0.15) is 12.5 Å². The van der Waals surface area contributed by atoms with Gasteiger partial charge in [0, 0.05) is 24.7 Å². The molecule has 106 valence electrons. The Balaban J connectivity index is 2.52. The van der Waals surface area contributed by atoms with Crippen LogP contribution in [0.15, 0.2) is 35.1 Å². The van der Waals surface area contributed by atoms with Crippen molar-refractivity contribution in [3.05, 3.63) is 46.2 Å². The maximum atomic E-state index is 12.0. The predicted molar refractivity (Wildman–Crippen MR) is 78.8 cm³/mol. The van der Waals surface area contributed by atoms with Gasteiger partial charge in [-0.05, 0) is 24.7 Å². The Morgan fingerprint density at radius 3 is 2.80 bits per heavy atom. The molecule has 5 heteroatoms. The highest BCUT2D eigenvalue weighted by atomic mass is 16.5. The summed E-state index contributed by atoms with van der Waals surface area (Å²) in [5.74, 6) is 0.744. The Hall–Kier alpha value is -2.14. The second-order valence-corrected chi connectivity index (χ2v) is 4.46. The molecule has 0 aliphatic rings. The number of aromatic nitrogens is 2. The maximum Gasteiger partial charge on any atom is 0.271 e. The van der Waals surface area contributed by atoms with Crippen LogP contribution in [0.5, 0.6) is 5.75 Å². The number of ether oxygens (including phenoxy) is 1. The molecule has 0 radical (unpaired) electrons. The van der Waals surface area contributed by atoms with Gasteiger partial charge in [-0.1, -0.05) is 19.1 Å². The zero-order valence-corrected chi connectivity index (χ0v) is 12.0. The molecule has 1 heterocycles. The Labute approximate surface area is 118 Å². The maximum absolute atomic E-state index is 12.0. The van der Waals surface area contributed by atoms with Gasteiger partial charge < -0.3 is 10.1 Å². The topological polar surface area (TPSA) is 56.1 Å². The van der Waals surface area contributed by atoms with Gasteiger partial charge in [-0.25, -0.2) is 4.68 Å². The lowest BCUT2D eigenvalue weighted by atomic mass is 10.1. The fourth-order valence-electron chi connectivity index (χ4n) is 2.04. The van der Waals surface area contributed by atoms with Crippen LogP contribution < -0.4 is 15.6 Å². The average Bonchev–Trinajstić information content (AvgIpc) is 2.48. The third-order valence-electron chi connectivity index (χ3n) is 3.09. The lowest BCUT2D eigenvalue weighted by Crippen LogP contribution is -2.27. The first-order valence-electron chi connectivity index (χ1n) is 6.58. The number of rotatable bonds is 5. The average molecular weight is 273 g/mol. The fourth-order valence-corrected chi connectivity index (χ4v) is 2.04. The van der Waals surface area contributed by atoms with E-state index in [1.54, 1.807) is 14.2 Å². The number of methoxy groups -OCH3 is 1. The summed E-state index contributed by atoms with van der Waals surface area (Å²) in [6.45, 7) is 3.36. The molecular weight excluding hydrogens is 254 g/mol. The van der Waals surface area contributed by atoms with E-state index in [4.69, 9.17) is 4.74 Å². The van der Waals surface area contributed by atoms with E-state index in [1.807, 2.05) is 37.3 Å². The minimum absolute atomic E-state index is 0.0791. The summed E-state index contributed by atoms with van der Waals surface area (Å²) >= 11 is 0. The van der Waals surface area contributed by atoms with E-state index < -0.39 is 0 Å². The first kappa shape index (κ1) is 14.3. The molecule has 20 heavy (non-hydrogen) atoms. The van der Waals surface area contributed by atoms with Crippen molar-refractivity contribution in [2.75, 3.05) is 13.7 Å². The monoisotopic (exact) mass is 273 g/mol. The lowest BCUT2D eigenvalue weighted by molar-refractivity contribution is 0.416. The minimum atomic E-state index is -0.0791. The van der Waals surface area contributed by atoms with Crippen LogP contribution in [-0.4, -0.2) is 23.4 Å². The van der Waals surface area contributed by atoms with Crippen LogP contribution in [-0.2, 0) is 13.6 Å². The summed E-state index contributed by atoms with van der Waals surface area (Å²) in [6.07, 6.45) is 0. The number of benzene rings is 1. The quantitative estimate of drug-likeness (QED) is 0.898. The van der Waals surface area contributed by atoms with Gasteiger partial charge in [0.05, 0.1) is 12.8 Å². The summed E-state index contributed by atoms with van der Waals surface area (Å²) in [7, 11) is 3.29. The van der Waals surface area contributed by atoms with Crippen molar-refractivity contribution in [3.8, 4) is 17.0 Å². The summed E-state index contributed by atoms with van der Waals surface area (Å²) in [5.41, 5.74) is 2.23. The van der Waals surface area contributed by atoms with Crippen molar-refractivity contribution in [3.63, 3.8) is 0 Å². The summed E-state index contributed by atoms with van der Waals surface area (Å²) in [5, 5.41) is 7.48. The molecule has 0 spiro atoms. The van der Waals surface area contributed by atoms with Gasteiger partial charge in [-0.15, -0.1) is 0 Å². The van der Waals surface area contributed by atoms with Crippen molar-refractivity contribution in [1.82, 2.24) is 15.1 Å². The van der Waals surface area contributed by atoms with Gasteiger partial charge in [0.25, 0.3) is 5.56 Å². The highest BCUT2D eigenvalue weighted by Gasteiger charge is 2.11. The molecule has 0 amide bonds. The summed E-state index contributed by atoms with van der Waals surface area (Å²) in [4.78, 5) is 12.0. The highest BCUT2D eigenvalue weighted by Crippen LogP contribution is 2.27. The second kappa shape index (κ2) is 6.34. The molecule has 0 unspecified atom stereocenters. The van der Waals surface area contributed by atoms with Crippen molar-refractivity contribution < 1.29 is 4.74 Å². The highest BCUT2D eigenvalue weighted by molar-refractivity contribution is 5.67. The van der Waals surface area contributed by atoms with Crippen molar-refractivity contribution >= 4 is 0 Å². The zero-order valence-electron chi connectivity index (χ0n) is 12.0. The third-order valence-corrected chi connectivity index (χ3v) is 3.09. The molecule has 5 nitrogen and oxygen atoms in total. The number of aryl methyl sites for hydroxylation is 1. The SMILES string of the molecule is CCNCc1cc(-c2ccccc2OC)nn(C)c1=O. The molecule has 0 bridgehead atoms. The summed E-state index contributed by atoms with van der Waals surface area (Å²) < 4.78 is 6.72. The van der Waals surface area contributed by atoms with Gasteiger partial charge in [0.1, 0.15) is 5.75 Å². The van der Waals surface area contributed by atoms with E-state index in [1.165, 1.54) is 4.68 Å². The largest absolute Gasteiger partial charge is 0.496 e. The number of nitrogens with zero attached hydrogens (tertiary/aromatic N) is 2. The van der Waals surface area contributed by atoms with Crippen molar-refractivity contribution in [2.24, 2.45) is 7.05 Å². The molecule has 0 atom stereocenters. The number of nitrogens with one attached hydrogen (secondary N) is 1. The van der Waals surface area contributed by atoms with E-state index in [0.29, 0.717) is 12.1 Å². The normalized spacial score (nSPS) is 10.6. The smallest absolute Gasteiger partial charge is 0.271 e. The van der Waals surface area contributed by atoms with E-state index in [0.717, 1.165) is 23.6 Å². The molecule has 2 rings (SSSR count). The Morgan fingerprint density at radius 1 is 1.35 bits per heavy atom. The Bertz CT molecular complexity index is 650. The van der Waals surface area contributed by atoms with Crippen LogP contribution in [0, 0.1) is 0 Å². The Morgan fingerprint density at radius 2 is 2.10 bits per heavy atom. The van der Waals surface area contributed by atoms with Crippen molar-refractivity contribution in [2.45, 2.75) is 13.5 Å². The molecule has 0 fully saturated rings. The molecule has 2 aromatic rings. The van der Waals surface area contributed by atoms with E-state index in [9.17, 15) is 4.79 Å². The Kier molecular flexibility index (Phi) is 4.53. The first-order valence-corrected chi connectivity index (χ1v) is 6.58. The van der Waals surface area contributed by atoms with Crippen LogP contribution >= 0.6 is 0 Å². The van der Waals surface area contributed by atoms with Crippen molar-refractivity contribution in [1.29, 1.82) is 0 Å². The van der Waals surface area contributed by atoms with Gasteiger partial charge in [-0.3, -0.25) is 4.79 Å². The molecule has 0 aliphatic heterocycles. The standard InChI is InChI=1S/C15H19N3O2/c1-4-16-10-11-9-13(17-18(2)15(11)19)12-7-5-6-8-14(12)20-3/h5-9,16H,4,10H2,1-3H3. The van der Waals surface area contributed by atoms with Gasteiger partial charge >= 0.3 is 0 Å². The van der Waals surface area contributed by atoms with Gasteiger partial charge in [-0.2, -0.15) is 5.10 Å². The molecule has 1 aromatic heterocycles. The second-order valence-electron chi connectivity index (χ2n) is 4.46. The zero-order chi connectivity index (χ0) is 14.5. The van der Waals surface area contributed by atoms with Crippen LogP contribution in [0.25, 0.3) is 11.3 Å². The molecule has 0 saturated carbocycles. The van der Waals surface area contributed by atoms with E-state index in [2.05, 4.69) is 10.4 Å². The van der Waals surface area contributed by atoms with Crippen LogP contribution in [0.3, 0.4) is 0 Å². The predicted octanol–water partition coefficient (Wildman–Crippen LogP) is 1.57. The van der Waals surface area contributed by atoms with Gasteiger partial charge in [0.2, 0.25) is 0 Å². The molecule has 1 N–H and O–H groups in total.